The van der Waals surface area contributed by atoms with Gasteiger partial charge < -0.3 is 15.2 Å². The molecule has 1 saturated carbocycles. The van der Waals surface area contributed by atoms with Crippen LogP contribution in [-0.4, -0.2) is 24.7 Å². The minimum atomic E-state index is 0.0264. The van der Waals surface area contributed by atoms with Crippen LogP contribution in [0.5, 0.6) is 5.75 Å². The van der Waals surface area contributed by atoms with Gasteiger partial charge in [0.15, 0.2) is 0 Å². The number of ether oxygens (including phenoxy) is 1. The summed E-state index contributed by atoms with van der Waals surface area (Å²) >= 11 is 0. The van der Waals surface area contributed by atoms with Gasteiger partial charge >= 0.3 is 0 Å². The zero-order valence-electron chi connectivity index (χ0n) is 12.3. The molecule has 21 heavy (non-hydrogen) atoms. The maximum absolute atomic E-state index is 12.0. The van der Waals surface area contributed by atoms with Crippen LogP contribution in [0.25, 0.3) is 0 Å². The monoisotopic (exact) mass is 287 g/mol. The standard InChI is InChI=1S/C17H21NO3/c1-21-16-9-8-14(5-2-3-10-19)11-15(16)18-17(20)12-13-6-4-7-13/h8-9,11,13,19H,3-4,6-7,10,12H2,1H3,(H,18,20). The van der Waals surface area contributed by atoms with Crippen LogP contribution in [0.1, 0.15) is 37.7 Å². The van der Waals surface area contributed by atoms with Gasteiger partial charge in [-0.25, -0.2) is 0 Å². The van der Waals surface area contributed by atoms with Crippen molar-refractivity contribution >= 4 is 11.6 Å². The summed E-state index contributed by atoms with van der Waals surface area (Å²) in [7, 11) is 1.58. The third kappa shape index (κ3) is 4.51. The summed E-state index contributed by atoms with van der Waals surface area (Å²) in [4.78, 5) is 12.0. The van der Waals surface area contributed by atoms with E-state index in [0.29, 0.717) is 30.2 Å². The first kappa shape index (κ1) is 15.4. The second-order valence-electron chi connectivity index (χ2n) is 5.24. The molecule has 0 atom stereocenters. The molecule has 0 aliphatic heterocycles. The highest BCUT2D eigenvalue weighted by atomic mass is 16.5. The van der Waals surface area contributed by atoms with Crippen LogP contribution in [0.15, 0.2) is 18.2 Å². The van der Waals surface area contributed by atoms with E-state index >= 15 is 0 Å². The molecule has 1 aliphatic rings. The fraction of sp³-hybridized carbons (Fsp3) is 0.471. The highest BCUT2D eigenvalue weighted by molar-refractivity contribution is 5.92. The molecule has 1 aromatic rings. The van der Waals surface area contributed by atoms with E-state index in [4.69, 9.17) is 9.84 Å². The Balaban J connectivity index is 2.06. The van der Waals surface area contributed by atoms with E-state index < -0.39 is 0 Å². The SMILES string of the molecule is COc1ccc(C#CCCO)cc1NC(=O)CC1CCC1. The fourth-order valence-corrected chi connectivity index (χ4v) is 2.26. The van der Waals surface area contributed by atoms with E-state index in [9.17, 15) is 4.79 Å². The topological polar surface area (TPSA) is 58.6 Å². The van der Waals surface area contributed by atoms with Gasteiger partial charge in [0.05, 0.1) is 19.4 Å². The van der Waals surface area contributed by atoms with Crippen LogP contribution in [0, 0.1) is 17.8 Å². The number of rotatable bonds is 5. The fourth-order valence-electron chi connectivity index (χ4n) is 2.26. The Kier molecular flexibility index (Phi) is 5.65. The van der Waals surface area contributed by atoms with Crippen molar-refractivity contribution in [2.45, 2.75) is 32.1 Å². The van der Waals surface area contributed by atoms with Crippen LogP contribution in [0.2, 0.25) is 0 Å². The molecular formula is C17H21NO3. The average Bonchev–Trinajstić information content (AvgIpc) is 2.44. The first-order chi connectivity index (χ1) is 10.2. The Labute approximate surface area is 125 Å². The summed E-state index contributed by atoms with van der Waals surface area (Å²) < 4.78 is 5.27. The van der Waals surface area contributed by atoms with Crippen LogP contribution in [0.3, 0.4) is 0 Å². The smallest absolute Gasteiger partial charge is 0.224 e. The van der Waals surface area contributed by atoms with Gasteiger partial charge in [0.25, 0.3) is 0 Å². The number of amides is 1. The number of hydrogen-bond acceptors (Lipinski definition) is 3. The van der Waals surface area contributed by atoms with E-state index in [1.54, 1.807) is 13.2 Å². The number of methoxy groups -OCH3 is 1. The summed E-state index contributed by atoms with van der Waals surface area (Å²) in [6.45, 7) is 0.0497. The van der Waals surface area contributed by atoms with Crippen molar-refractivity contribution in [3.05, 3.63) is 23.8 Å². The molecule has 2 rings (SSSR count). The number of anilines is 1. The molecular weight excluding hydrogens is 266 g/mol. The van der Waals surface area contributed by atoms with Crippen molar-refractivity contribution in [3.63, 3.8) is 0 Å². The predicted molar refractivity (Wildman–Crippen MR) is 82.2 cm³/mol. The molecule has 0 unspecified atom stereocenters. The number of carbonyl (C=O) groups excluding carboxylic acids is 1. The average molecular weight is 287 g/mol. The Morgan fingerprint density at radius 1 is 1.48 bits per heavy atom. The molecule has 0 bridgehead atoms. The zero-order chi connectivity index (χ0) is 15.1. The van der Waals surface area contributed by atoms with Gasteiger partial charge in [0.1, 0.15) is 5.75 Å². The van der Waals surface area contributed by atoms with Gasteiger partial charge in [-0.05, 0) is 37.0 Å². The number of nitrogens with one attached hydrogen (secondary N) is 1. The van der Waals surface area contributed by atoms with Crippen molar-refractivity contribution in [3.8, 4) is 17.6 Å². The van der Waals surface area contributed by atoms with Gasteiger partial charge in [-0.1, -0.05) is 18.3 Å². The minimum Gasteiger partial charge on any atom is -0.495 e. The first-order valence-corrected chi connectivity index (χ1v) is 7.30. The molecule has 0 radical (unpaired) electrons. The number of carbonyl (C=O) groups is 1. The van der Waals surface area contributed by atoms with E-state index in [1.807, 2.05) is 12.1 Å². The summed E-state index contributed by atoms with van der Waals surface area (Å²) in [5.74, 6) is 7.01. The van der Waals surface area contributed by atoms with Gasteiger partial charge in [0, 0.05) is 18.4 Å². The normalized spacial score (nSPS) is 13.8. The molecule has 0 heterocycles. The van der Waals surface area contributed by atoms with E-state index in [1.165, 1.54) is 6.42 Å². The summed E-state index contributed by atoms with van der Waals surface area (Å²) in [6, 6.07) is 5.44. The molecule has 0 saturated heterocycles. The number of hydrogen-bond donors (Lipinski definition) is 2. The lowest BCUT2D eigenvalue weighted by atomic mass is 9.83. The third-order valence-corrected chi connectivity index (χ3v) is 3.64. The van der Waals surface area contributed by atoms with Gasteiger partial charge in [-0.2, -0.15) is 0 Å². The Morgan fingerprint density at radius 2 is 2.29 bits per heavy atom. The summed E-state index contributed by atoms with van der Waals surface area (Å²) in [5, 5.41) is 11.6. The number of benzene rings is 1. The number of aliphatic hydroxyl groups excluding tert-OH is 1. The largest absolute Gasteiger partial charge is 0.495 e. The third-order valence-electron chi connectivity index (χ3n) is 3.64. The van der Waals surface area contributed by atoms with Crippen molar-refractivity contribution in [1.29, 1.82) is 0 Å². The van der Waals surface area contributed by atoms with Crippen molar-refractivity contribution < 1.29 is 14.6 Å². The van der Waals surface area contributed by atoms with Gasteiger partial charge in [-0.3, -0.25) is 4.79 Å². The maximum atomic E-state index is 12.0. The Hall–Kier alpha value is -1.99. The quantitative estimate of drug-likeness (QED) is 0.818. The number of aliphatic hydroxyl groups is 1. The molecule has 4 heteroatoms. The summed E-state index contributed by atoms with van der Waals surface area (Å²) in [6.07, 6.45) is 4.55. The van der Waals surface area contributed by atoms with Crippen LogP contribution >= 0.6 is 0 Å². The molecule has 0 aromatic heterocycles. The van der Waals surface area contributed by atoms with E-state index in [0.717, 1.165) is 18.4 Å². The molecule has 112 valence electrons. The van der Waals surface area contributed by atoms with E-state index in [-0.39, 0.29) is 12.5 Å². The maximum Gasteiger partial charge on any atom is 0.224 e. The molecule has 1 aliphatic carbocycles. The first-order valence-electron chi connectivity index (χ1n) is 7.30. The molecule has 4 nitrogen and oxygen atoms in total. The molecule has 1 aromatic carbocycles. The molecule has 0 spiro atoms. The Morgan fingerprint density at radius 3 is 2.90 bits per heavy atom. The van der Waals surface area contributed by atoms with Crippen LogP contribution in [0.4, 0.5) is 5.69 Å². The van der Waals surface area contributed by atoms with Gasteiger partial charge in [0.2, 0.25) is 5.91 Å². The second kappa shape index (κ2) is 7.70. The highest BCUT2D eigenvalue weighted by Crippen LogP contribution is 2.31. The zero-order valence-corrected chi connectivity index (χ0v) is 12.3. The second-order valence-corrected chi connectivity index (χ2v) is 5.24. The molecule has 1 fully saturated rings. The minimum absolute atomic E-state index is 0.0264. The molecule has 1 amide bonds. The van der Waals surface area contributed by atoms with Crippen LogP contribution in [-0.2, 0) is 4.79 Å². The van der Waals surface area contributed by atoms with E-state index in [2.05, 4.69) is 17.2 Å². The van der Waals surface area contributed by atoms with Crippen LogP contribution < -0.4 is 10.1 Å². The predicted octanol–water partition coefficient (Wildman–Crippen LogP) is 2.56. The van der Waals surface area contributed by atoms with Crippen molar-refractivity contribution in [1.82, 2.24) is 0 Å². The lowest BCUT2D eigenvalue weighted by Crippen LogP contribution is -2.21. The van der Waals surface area contributed by atoms with Gasteiger partial charge in [-0.15, -0.1) is 0 Å². The Bertz CT molecular complexity index is 553. The summed E-state index contributed by atoms with van der Waals surface area (Å²) in [5.41, 5.74) is 1.45. The lowest BCUT2D eigenvalue weighted by molar-refractivity contribution is -0.117. The van der Waals surface area contributed by atoms with Crippen molar-refractivity contribution in [2.24, 2.45) is 5.92 Å². The molecule has 2 N–H and O–H groups in total. The lowest BCUT2D eigenvalue weighted by Gasteiger charge is -2.24. The van der Waals surface area contributed by atoms with Crippen molar-refractivity contribution in [2.75, 3.05) is 19.0 Å². The highest BCUT2D eigenvalue weighted by Gasteiger charge is 2.21.